The van der Waals surface area contributed by atoms with E-state index in [1.807, 2.05) is 18.7 Å². The number of nitrogens with zero attached hydrogens (tertiary/aromatic N) is 2. The molecule has 0 saturated carbocycles. The van der Waals surface area contributed by atoms with E-state index in [4.69, 9.17) is 0 Å². The highest BCUT2D eigenvalue weighted by molar-refractivity contribution is 14.1. The Kier molecular flexibility index (Phi) is 5.23. The van der Waals surface area contributed by atoms with E-state index >= 15 is 0 Å². The van der Waals surface area contributed by atoms with Crippen LogP contribution in [0.3, 0.4) is 0 Å². The summed E-state index contributed by atoms with van der Waals surface area (Å²) in [4.78, 5) is 4.13. The predicted octanol–water partition coefficient (Wildman–Crippen LogP) is 4.46. The van der Waals surface area contributed by atoms with Crippen molar-refractivity contribution in [3.05, 3.63) is 52.1 Å². The minimum atomic E-state index is 0.592. The van der Waals surface area contributed by atoms with Crippen LogP contribution >= 0.6 is 22.6 Å². The summed E-state index contributed by atoms with van der Waals surface area (Å²) in [6.07, 6.45) is 9.59. The number of aromatic nitrogens is 2. The van der Waals surface area contributed by atoms with Crippen LogP contribution in [0.5, 0.6) is 0 Å². The van der Waals surface area contributed by atoms with E-state index < -0.39 is 0 Å². The molecule has 1 aromatic heterocycles. The third-order valence-electron chi connectivity index (χ3n) is 3.22. The Bertz CT molecular complexity index is 465. The second kappa shape index (κ2) is 6.92. The maximum absolute atomic E-state index is 4.13. The zero-order valence-electron chi connectivity index (χ0n) is 10.7. The van der Waals surface area contributed by atoms with Crippen LogP contribution in [-0.2, 0) is 6.54 Å². The number of rotatable bonds is 6. The molecule has 0 aliphatic carbocycles. The molecule has 1 heterocycles. The lowest BCUT2D eigenvalue weighted by molar-refractivity contribution is 0.505. The van der Waals surface area contributed by atoms with Gasteiger partial charge in [-0.15, -0.1) is 0 Å². The maximum Gasteiger partial charge on any atom is 0.0946 e. The Morgan fingerprint density at radius 1 is 1.39 bits per heavy atom. The molecular formula is C15H19IN2. The number of hydrogen-bond acceptors (Lipinski definition) is 1. The van der Waals surface area contributed by atoms with Crippen LogP contribution < -0.4 is 0 Å². The molecule has 2 rings (SSSR count). The zero-order valence-corrected chi connectivity index (χ0v) is 12.9. The fourth-order valence-corrected chi connectivity index (χ4v) is 2.79. The second-order valence-corrected chi connectivity index (χ2v) is 5.90. The summed E-state index contributed by atoms with van der Waals surface area (Å²) in [6.45, 7) is 3.28. The molecule has 3 heteroatoms. The summed E-state index contributed by atoms with van der Waals surface area (Å²) in [5, 5.41) is 0. The van der Waals surface area contributed by atoms with E-state index in [-0.39, 0.29) is 0 Å². The van der Waals surface area contributed by atoms with Gasteiger partial charge in [-0.1, -0.05) is 31.9 Å². The number of benzene rings is 1. The van der Waals surface area contributed by atoms with Crippen LogP contribution in [-0.4, -0.2) is 9.55 Å². The molecule has 0 aliphatic rings. The van der Waals surface area contributed by atoms with Gasteiger partial charge < -0.3 is 4.57 Å². The van der Waals surface area contributed by atoms with Crippen molar-refractivity contribution in [2.75, 3.05) is 0 Å². The zero-order chi connectivity index (χ0) is 12.8. The van der Waals surface area contributed by atoms with Crippen molar-refractivity contribution in [3.8, 4) is 0 Å². The van der Waals surface area contributed by atoms with Crippen LogP contribution in [0.15, 0.2) is 43.0 Å². The highest BCUT2D eigenvalue weighted by Crippen LogP contribution is 2.25. The van der Waals surface area contributed by atoms with Gasteiger partial charge in [-0.2, -0.15) is 0 Å². The lowest BCUT2D eigenvalue weighted by Gasteiger charge is -2.18. The van der Waals surface area contributed by atoms with Crippen molar-refractivity contribution in [2.45, 2.75) is 38.6 Å². The van der Waals surface area contributed by atoms with Gasteiger partial charge in [0, 0.05) is 28.4 Å². The molecule has 0 aliphatic heterocycles. The van der Waals surface area contributed by atoms with E-state index in [9.17, 15) is 0 Å². The first-order chi connectivity index (χ1) is 8.79. The molecule has 0 fully saturated rings. The minimum absolute atomic E-state index is 0.592. The monoisotopic (exact) mass is 354 g/mol. The summed E-state index contributed by atoms with van der Waals surface area (Å²) in [5.41, 5.74) is 1.45. The Labute approximate surface area is 123 Å². The third kappa shape index (κ3) is 3.83. The molecule has 0 N–H and O–H groups in total. The summed E-state index contributed by atoms with van der Waals surface area (Å²) in [6, 6.07) is 8.86. The van der Waals surface area contributed by atoms with Gasteiger partial charge in [0.25, 0.3) is 0 Å². The second-order valence-electron chi connectivity index (χ2n) is 4.65. The topological polar surface area (TPSA) is 17.8 Å². The van der Waals surface area contributed by atoms with Gasteiger partial charge in [0.05, 0.1) is 6.33 Å². The van der Waals surface area contributed by atoms with E-state index in [1.165, 1.54) is 28.4 Å². The fourth-order valence-electron chi connectivity index (χ4n) is 2.22. The normalized spacial score (nSPS) is 12.6. The number of unbranched alkanes of at least 4 members (excludes halogenated alkanes) is 1. The molecule has 0 spiro atoms. The van der Waals surface area contributed by atoms with Crippen molar-refractivity contribution in [2.24, 2.45) is 0 Å². The SMILES string of the molecule is CCCCC(Cn1ccnc1)c1cccc(I)c1. The van der Waals surface area contributed by atoms with Crippen molar-refractivity contribution in [3.63, 3.8) is 0 Å². The summed E-state index contributed by atoms with van der Waals surface area (Å²) in [5.74, 6) is 0.592. The molecular weight excluding hydrogens is 335 g/mol. The van der Waals surface area contributed by atoms with Gasteiger partial charge in [-0.3, -0.25) is 0 Å². The summed E-state index contributed by atoms with van der Waals surface area (Å²) < 4.78 is 3.50. The molecule has 1 atom stereocenters. The van der Waals surface area contributed by atoms with E-state index in [1.54, 1.807) is 0 Å². The molecule has 96 valence electrons. The largest absolute Gasteiger partial charge is 0.337 e. The maximum atomic E-state index is 4.13. The lowest BCUT2D eigenvalue weighted by atomic mass is 9.93. The smallest absolute Gasteiger partial charge is 0.0946 e. The molecule has 1 unspecified atom stereocenters. The van der Waals surface area contributed by atoms with Gasteiger partial charge in [-0.25, -0.2) is 4.98 Å². The Hall–Kier alpha value is -0.840. The van der Waals surface area contributed by atoms with Crippen LogP contribution in [0, 0.1) is 3.57 Å². The first-order valence-electron chi connectivity index (χ1n) is 6.50. The Morgan fingerprint density at radius 2 is 2.28 bits per heavy atom. The average molecular weight is 354 g/mol. The highest BCUT2D eigenvalue weighted by atomic mass is 127. The van der Waals surface area contributed by atoms with E-state index in [2.05, 4.69) is 63.3 Å². The van der Waals surface area contributed by atoms with Crippen molar-refractivity contribution < 1.29 is 0 Å². The first kappa shape index (κ1) is 13.6. The molecule has 18 heavy (non-hydrogen) atoms. The number of imidazole rings is 1. The average Bonchev–Trinajstić information content (AvgIpc) is 2.87. The van der Waals surface area contributed by atoms with Gasteiger partial charge in [0.1, 0.15) is 0 Å². The Morgan fingerprint density at radius 3 is 2.94 bits per heavy atom. The molecule has 0 bridgehead atoms. The predicted molar refractivity (Wildman–Crippen MR) is 83.7 cm³/mol. The number of hydrogen-bond donors (Lipinski definition) is 0. The van der Waals surface area contributed by atoms with Crippen LogP contribution in [0.25, 0.3) is 0 Å². The van der Waals surface area contributed by atoms with Crippen LogP contribution in [0.4, 0.5) is 0 Å². The van der Waals surface area contributed by atoms with E-state index in [0.29, 0.717) is 5.92 Å². The summed E-state index contributed by atoms with van der Waals surface area (Å²) in [7, 11) is 0. The van der Waals surface area contributed by atoms with Gasteiger partial charge in [0.2, 0.25) is 0 Å². The van der Waals surface area contributed by atoms with Gasteiger partial charge in [-0.05, 0) is 46.7 Å². The third-order valence-corrected chi connectivity index (χ3v) is 3.89. The molecule has 0 saturated heterocycles. The molecule has 2 aromatic rings. The standard InChI is InChI=1S/C15H19IN2/c1-2-3-5-14(11-18-9-8-17-12-18)13-6-4-7-15(16)10-13/h4,6-10,12,14H,2-3,5,11H2,1H3. The molecule has 0 radical (unpaired) electrons. The molecule has 1 aromatic carbocycles. The van der Waals surface area contributed by atoms with Crippen molar-refractivity contribution in [1.82, 2.24) is 9.55 Å². The van der Waals surface area contributed by atoms with Crippen LogP contribution in [0.1, 0.15) is 37.7 Å². The minimum Gasteiger partial charge on any atom is -0.337 e. The quantitative estimate of drug-likeness (QED) is 0.701. The van der Waals surface area contributed by atoms with Crippen LogP contribution in [0.2, 0.25) is 0 Å². The Balaban J connectivity index is 2.13. The van der Waals surface area contributed by atoms with Gasteiger partial charge in [0.15, 0.2) is 0 Å². The lowest BCUT2D eigenvalue weighted by Crippen LogP contribution is -2.08. The van der Waals surface area contributed by atoms with Crippen molar-refractivity contribution >= 4 is 22.6 Å². The summed E-state index contributed by atoms with van der Waals surface area (Å²) >= 11 is 2.39. The highest BCUT2D eigenvalue weighted by Gasteiger charge is 2.12. The molecule has 2 nitrogen and oxygen atoms in total. The molecule has 0 amide bonds. The first-order valence-corrected chi connectivity index (χ1v) is 7.58. The van der Waals surface area contributed by atoms with E-state index in [0.717, 1.165) is 6.54 Å². The number of halogens is 1. The fraction of sp³-hybridized carbons (Fsp3) is 0.400. The van der Waals surface area contributed by atoms with Crippen molar-refractivity contribution in [1.29, 1.82) is 0 Å². The van der Waals surface area contributed by atoms with Gasteiger partial charge >= 0.3 is 0 Å².